The van der Waals surface area contributed by atoms with Crippen LogP contribution in [0.15, 0.2) is 82.2 Å². The van der Waals surface area contributed by atoms with E-state index in [0.717, 1.165) is 17.0 Å². The molecule has 0 saturated heterocycles. The van der Waals surface area contributed by atoms with E-state index >= 15 is 0 Å². The predicted molar refractivity (Wildman–Crippen MR) is 135 cm³/mol. The Morgan fingerprint density at radius 1 is 1.20 bits per heavy atom. The number of para-hydroxylation sites is 1. The summed E-state index contributed by atoms with van der Waals surface area (Å²) in [7, 11) is 1.29. The molecule has 1 atom stereocenters. The molecule has 5 rings (SSSR count). The van der Waals surface area contributed by atoms with Gasteiger partial charge in [0.05, 0.1) is 35.7 Å². The van der Waals surface area contributed by atoms with Gasteiger partial charge in [-0.15, -0.1) is 6.58 Å². The third-order valence-electron chi connectivity index (χ3n) is 6.05. The summed E-state index contributed by atoms with van der Waals surface area (Å²) >= 11 is 7.22. The van der Waals surface area contributed by atoms with Gasteiger partial charge in [0.15, 0.2) is 4.80 Å². The maximum absolute atomic E-state index is 13.9. The van der Waals surface area contributed by atoms with Gasteiger partial charge in [0.25, 0.3) is 11.5 Å². The molecule has 2 aliphatic heterocycles. The third kappa shape index (κ3) is 3.57. The number of fused-ring (bicyclic) bond motifs is 2. The van der Waals surface area contributed by atoms with Gasteiger partial charge >= 0.3 is 5.97 Å². The number of amides is 1. The van der Waals surface area contributed by atoms with Crippen molar-refractivity contribution in [1.29, 1.82) is 0 Å². The van der Waals surface area contributed by atoms with Crippen LogP contribution in [0.3, 0.4) is 0 Å². The molecular weight excluding hydrogens is 486 g/mol. The molecule has 7 nitrogen and oxygen atoms in total. The molecule has 2 aliphatic rings. The smallest absolute Gasteiger partial charge is 0.338 e. The Morgan fingerprint density at radius 2 is 1.91 bits per heavy atom. The van der Waals surface area contributed by atoms with Gasteiger partial charge in [-0.2, -0.15) is 0 Å². The SMILES string of the molecule is C=CCN1C(=O)/C(=c2\sc3n(c2=O)[C@@H](c2ccc(Cl)cc2)C(C(=O)OC)=C(C)N=3)c2ccccc21. The largest absolute Gasteiger partial charge is 0.466 e. The highest BCUT2D eigenvalue weighted by atomic mass is 35.5. The van der Waals surface area contributed by atoms with E-state index in [1.54, 1.807) is 42.2 Å². The summed E-state index contributed by atoms with van der Waals surface area (Å²) in [6, 6.07) is 13.5. The zero-order chi connectivity index (χ0) is 24.9. The van der Waals surface area contributed by atoms with Crippen molar-refractivity contribution >= 4 is 46.1 Å². The number of carbonyl (C=O) groups is 2. The summed E-state index contributed by atoms with van der Waals surface area (Å²) in [6.07, 6.45) is 1.64. The van der Waals surface area contributed by atoms with Crippen LogP contribution in [0.25, 0.3) is 5.57 Å². The first kappa shape index (κ1) is 23.0. The molecule has 1 aromatic heterocycles. The number of hydrogen-bond donors (Lipinski definition) is 0. The monoisotopic (exact) mass is 505 g/mol. The highest BCUT2D eigenvalue weighted by Gasteiger charge is 2.36. The lowest BCUT2D eigenvalue weighted by molar-refractivity contribution is -0.136. The number of methoxy groups -OCH3 is 1. The quantitative estimate of drug-likeness (QED) is 0.403. The predicted octanol–water partition coefficient (Wildman–Crippen LogP) is 2.96. The van der Waals surface area contributed by atoms with Crippen LogP contribution in [0.5, 0.6) is 0 Å². The van der Waals surface area contributed by atoms with E-state index < -0.39 is 17.6 Å². The minimum absolute atomic E-state index is 0.255. The Kier molecular flexibility index (Phi) is 5.78. The Morgan fingerprint density at radius 3 is 2.60 bits per heavy atom. The van der Waals surface area contributed by atoms with Crippen molar-refractivity contribution in [3.05, 3.63) is 108 Å². The van der Waals surface area contributed by atoms with Crippen LogP contribution in [0.2, 0.25) is 5.02 Å². The number of benzene rings is 2. The van der Waals surface area contributed by atoms with Gasteiger partial charge in [-0.05, 0) is 30.7 Å². The zero-order valence-electron chi connectivity index (χ0n) is 18.9. The molecule has 9 heteroatoms. The molecule has 3 aromatic rings. The molecule has 1 amide bonds. The number of ether oxygens (including phenoxy) is 1. The minimum atomic E-state index is -0.777. The first-order valence-electron chi connectivity index (χ1n) is 10.8. The number of carbonyl (C=O) groups excluding carboxylic acids is 2. The number of nitrogens with zero attached hydrogens (tertiary/aromatic N) is 3. The fraction of sp³-hybridized carbons (Fsp3) is 0.154. The lowest BCUT2D eigenvalue weighted by Crippen LogP contribution is -2.40. The summed E-state index contributed by atoms with van der Waals surface area (Å²) in [5.41, 5.74) is 2.69. The van der Waals surface area contributed by atoms with E-state index in [1.807, 2.05) is 24.3 Å². The van der Waals surface area contributed by atoms with Gasteiger partial charge in [-0.3, -0.25) is 14.2 Å². The van der Waals surface area contributed by atoms with Crippen LogP contribution < -0.4 is 19.8 Å². The van der Waals surface area contributed by atoms with E-state index in [0.29, 0.717) is 38.8 Å². The van der Waals surface area contributed by atoms with Crippen molar-refractivity contribution in [2.24, 2.45) is 4.99 Å². The van der Waals surface area contributed by atoms with E-state index in [1.165, 1.54) is 11.7 Å². The normalized spacial score (nSPS) is 18.2. The molecule has 0 fully saturated rings. The van der Waals surface area contributed by atoms with Crippen molar-refractivity contribution in [3.63, 3.8) is 0 Å². The fourth-order valence-electron chi connectivity index (χ4n) is 4.51. The lowest BCUT2D eigenvalue weighted by Gasteiger charge is -2.24. The van der Waals surface area contributed by atoms with Crippen LogP contribution in [-0.4, -0.2) is 30.1 Å². The highest BCUT2D eigenvalue weighted by Crippen LogP contribution is 2.35. The van der Waals surface area contributed by atoms with Crippen molar-refractivity contribution in [1.82, 2.24) is 4.57 Å². The molecule has 0 spiro atoms. The number of allylic oxidation sites excluding steroid dienone is 1. The maximum Gasteiger partial charge on any atom is 0.338 e. The van der Waals surface area contributed by atoms with Crippen LogP contribution in [-0.2, 0) is 14.3 Å². The molecule has 0 saturated carbocycles. The Balaban J connectivity index is 1.83. The molecule has 0 N–H and O–H groups in total. The Bertz CT molecular complexity index is 1620. The van der Waals surface area contributed by atoms with E-state index in [9.17, 15) is 14.4 Å². The third-order valence-corrected chi connectivity index (χ3v) is 7.36. The van der Waals surface area contributed by atoms with Gasteiger partial charge < -0.3 is 9.64 Å². The first-order valence-corrected chi connectivity index (χ1v) is 12.0. The van der Waals surface area contributed by atoms with Gasteiger partial charge in [0.1, 0.15) is 4.53 Å². The number of esters is 1. The van der Waals surface area contributed by atoms with Crippen LogP contribution in [0.4, 0.5) is 5.69 Å². The van der Waals surface area contributed by atoms with Gasteiger partial charge in [-0.25, -0.2) is 9.79 Å². The lowest BCUT2D eigenvalue weighted by atomic mass is 9.96. The average Bonchev–Trinajstić information content (AvgIpc) is 3.31. The zero-order valence-corrected chi connectivity index (χ0v) is 20.5. The number of anilines is 1. The second kappa shape index (κ2) is 8.79. The Labute approximate surface area is 209 Å². The molecule has 0 aliphatic carbocycles. The topological polar surface area (TPSA) is 81.0 Å². The van der Waals surface area contributed by atoms with Crippen molar-refractivity contribution in [2.75, 3.05) is 18.6 Å². The number of hydrogen-bond acceptors (Lipinski definition) is 6. The summed E-state index contributed by atoms with van der Waals surface area (Å²) in [5, 5.41) is 0.527. The van der Waals surface area contributed by atoms with Gasteiger partial charge in [-0.1, -0.05) is 59.3 Å². The number of thiazole rings is 1. The second-order valence-corrected chi connectivity index (χ2v) is 9.46. The standard InChI is InChI=1S/C26H20ClN3O4S/c1-4-13-29-18-8-6-5-7-17(18)20(23(29)31)22-24(32)30-21(15-9-11-16(27)12-10-15)19(25(33)34-3)14(2)28-26(30)35-22/h4-12,21H,1,13H2,2-3H3/b22-20-/t21-/m0/s1. The second-order valence-electron chi connectivity index (χ2n) is 8.04. The van der Waals surface area contributed by atoms with Crippen LogP contribution in [0.1, 0.15) is 24.1 Å². The molecule has 0 radical (unpaired) electrons. The number of halogens is 1. The Hall–Kier alpha value is -3.75. The van der Waals surface area contributed by atoms with Crippen molar-refractivity contribution < 1.29 is 14.3 Å². The summed E-state index contributed by atoms with van der Waals surface area (Å²) in [6.45, 7) is 5.77. The average molecular weight is 506 g/mol. The maximum atomic E-state index is 13.9. The van der Waals surface area contributed by atoms with Crippen molar-refractivity contribution in [3.8, 4) is 0 Å². The molecule has 176 valence electrons. The van der Waals surface area contributed by atoms with E-state index in [-0.39, 0.29) is 16.0 Å². The van der Waals surface area contributed by atoms with Crippen LogP contribution >= 0.6 is 22.9 Å². The molecule has 3 heterocycles. The van der Waals surface area contributed by atoms with E-state index in [2.05, 4.69) is 11.6 Å². The molecule has 0 bridgehead atoms. The van der Waals surface area contributed by atoms with Gasteiger partial charge in [0.2, 0.25) is 0 Å². The van der Waals surface area contributed by atoms with Gasteiger partial charge in [0, 0.05) is 17.1 Å². The van der Waals surface area contributed by atoms with Crippen molar-refractivity contribution in [2.45, 2.75) is 13.0 Å². The minimum Gasteiger partial charge on any atom is -0.466 e. The molecular formula is C26H20ClN3O4S. The highest BCUT2D eigenvalue weighted by molar-refractivity contribution is 7.07. The summed E-state index contributed by atoms with van der Waals surface area (Å²) < 4.78 is 6.76. The molecule has 35 heavy (non-hydrogen) atoms. The fourth-order valence-corrected chi connectivity index (χ4v) is 5.78. The summed E-state index contributed by atoms with van der Waals surface area (Å²) in [5.74, 6) is -0.855. The molecule has 0 unspecified atom stereocenters. The first-order chi connectivity index (χ1) is 16.9. The number of rotatable bonds is 4. The number of aromatic nitrogens is 1. The molecule has 2 aromatic carbocycles. The van der Waals surface area contributed by atoms with Crippen LogP contribution in [0, 0.1) is 0 Å². The summed E-state index contributed by atoms with van der Waals surface area (Å²) in [4.78, 5) is 46.7. The van der Waals surface area contributed by atoms with E-state index in [4.69, 9.17) is 16.3 Å².